The van der Waals surface area contributed by atoms with Crippen molar-refractivity contribution in [2.45, 2.75) is 58.1 Å². The van der Waals surface area contributed by atoms with Crippen LogP contribution in [0.1, 0.15) is 52.9 Å². The second kappa shape index (κ2) is 8.05. The van der Waals surface area contributed by atoms with Gasteiger partial charge in [-0.1, -0.05) is 33.6 Å². The molecule has 2 nitrogen and oxygen atoms in total. The summed E-state index contributed by atoms with van der Waals surface area (Å²) in [5.74, 6) is 2.26. The predicted octanol–water partition coefficient (Wildman–Crippen LogP) is 3.62. The first-order valence-corrected chi connectivity index (χ1v) is 9.77. The highest BCUT2D eigenvalue weighted by atomic mass is 32.2. The minimum Gasteiger partial charge on any atom is -0.316 e. The second-order valence-corrected chi connectivity index (χ2v) is 8.53. The summed E-state index contributed by atoms with van der Waals surface area (Å²) in [4.78, 5) is 2.78. The third kappa shape index (κ3) is 4.64. The second-order valence-electron chi connectivity index (χ2n) is 7.12. The van der Waals surface area contributed by atoms with Gasteiger partial charge >= 0.3 is 0 Å². The van der Waals surface area contributed by atoms with Gasteiger partial charge in [-0.15, -0.1) is 0 Å². The van der Waals surface area contributed by atoms with E-state index in [9.17, 15) is 0 Å². The van der Waals surface area contributed by atoms with Gasteiger partial charge in [0.2, 0.25) is 0 Å². The van der Waals surface area contributed by atoms with Crippen LogP contribution >= 0.6 is 11.8 Å². The van der Waals surface area contributed by atoms with E-state index in [4.69, 9.17) is 0 Å². The van der Waals surface area contributed by atoms with E-state index in [1.807, 2.05) is 0 Å². The fourth-order valence-electron chi connectivity index (χ4n) is 4.16. The molecule has 0 amide bonds. The van der Waals surface area contributed by atoms with Crippen molar-refractivity contribution in [1.82, 2.24) is 10.2 Å². The highest BCUT2D eigenvalue weighted by molar-refractivity contribution is 8.00. The first kappa shape index (κ1) is 16.6. The first-order chi connectivity index (χ1) is 9.67. The molecule has 0 aromatic heterocycles. The van der Waals surface area contributed by atoms with Crippen LogP contribution in [0, 0.1) is 11.3 Å². The average molecular weight is 299 g/mol. The van der Waals surface area contributed by atoms with Crippen LogP contribution in [0.4, 0.5) is 0 Å². The van der Waals surface area contributed by atoms with Gasteiger partial charge in [0.05, 0.1) is 0 Å². The van der Waals surface area contributed by atoms with Crippen LogP contribution < -0.4 is 5.32 Å². The van der Waals surface area contributed by atoms with Crippen LogP contribution in [0.15, 0.2) is 0 Å². The summed E-state index contributed by atoms with van der Waals surface area (Å²) in [6.45, 7) is 13.4. The van der Waals surface area contributed by atoms with E-state index in [0.29, 0.717) is 5.41 Å². The van der Waals surface area contributed by atoms with Crippen molar-refractivity contribution in [2.75, 3.05) is 38.5 Å². The van der Waals surface area contributed by atoms with E-state index < -0.39 is 0 Å². The van der Waals surface area contributed by atoms with Gasteiger partial charge in [-0.05, 0) is 37.1 Å². The molecule has 0 aromatic carbocycles. The Bertz CT molecular complexity index is 284. The molecular formula is C17H34N2S. The highest BCUT2D eigenvalue weighted by Gasteiger charge is 2.37. The van der Waals surface area contributed by atoms with Crippen LogP contribution in [0.3, 0.4) is 0 Å². The maximum atomic E-state index is 3.66. The maximum absolute atomic E-state index is 3.66. The Morgan fingerprint density at radius 3 is 2.90 bits per heavy atom. The van der Waals surface area contributed by atoms with Crippen molar-refractivity contribution < 1.29 is 0 Å². The molecule has 1 N–H and O–H groups in total. The Labute approximate surface area is 130 Å². The van der Waals surface area contributed by atoms with Gasteiger partial charge in [0.25, 0.3) is 0 Å². The smallest absolute Gasteiger partial charge is 0.0172 e. The molecule has 1 saturated heterocycles. The minimum absolute atomic E-state index is 0.550. The number of thioether (sulfide) groups is 1. The molecule has 2 fully saturated rings. The zero-order chi connectivity index (χ0) is 14.4. The van der Waals surface area contributed by atoms with Crippen molar-refractivity contribution in [3.8, 4) is 0 Å². The van der Waals surface area contributed by atoms with E-state index in [1.165, 1.54) is 64.0 Å². The summed E-state index contributed by atoms with van der Waals surface area (Å²) in [7, 11) is 0. The quantitative estimate of drug-likeness (QED) is 0.806. The van der Waals surface area contributed by atoms with Crippen molar-refractivity contribution in [3.05, 3.63) is 0 Å². The van der Waals surface area contributed by atoms with Crippen LogP contribution in [-0.4, -0.2) is 48.6 Å². The van der Waals surface area contributed by atoms with E-state index in [2.05, 4.69) is 42.7 Å². The molecule has 3 heteroatoms. The number of hydrogen-bond acceptors (Lipinski definition) is 3. The van der Waals surface area contributed by atoms with Gasteiger partial charge in [0.1, 0.15) is 0 Å². The van der Waals surface area contributed by atoms with E-state index in [1.54, 1.807) is 0 Å². The third-order valence-corrected chi connectivity index (χ3v) is 6.54. The van der Waals surface area contributed by atoms with E-state index in [-0.39, 0.29) is 0 Å². The third-order valence-electron chi connectivity index (χ3n) is 5.17. The van der Waals surface area contributed by atoms with Crippen LogP contribution in [0.25, 0.3) is 0 Å². The zero-order valence-electron chi connectivity index (χ0n) is 13.8. The molecular weight excluding hydrogens is 264 g/mol. The van der Waals surface area contributed by atoms with Gasteiger partial charge in [0, 0.05) is 37.2 Å². The van der Waals surface area contributed by atoms with Gasteiger partial charge in [-0.2, -0.15) is 11.8 Å². The zero-order valence-corrected chi connectivity index (χ0v) is 14.6. The molecule has 3 atom stereocenters. The summed E-state index contributed by atoms with van der Waals surface area (Å²) >= 11 is 2.19. The van der Waals surface area contributed by atoms with Crippen molar-refractivity contribution in [1.29, 1.82) is 0 Å². The highest BCUT2D eigenvalue weighted by Crippen LogP contribution is 2.40. The standard InChI is InChI=1S/C17H34N2S/c1-4-16-12-19(9-10-20-16)14-17(13-18-5-2)8-6-7-15(3)11-17/h15-16,18H,4-14H2,1-3H3. The predicted molar refractivity (Wildman–Crippen MR) is 91.6 cm³/mol. The van der Waals surface area contributed by atoms with Crippen LogP contribution in [0.5, 0.6) is 0 Å². The minimum atomic E-state index is 0.550. The molecule has 118 valence electrons. The normalized spacial score (nSPS) is 36.1. The Balaban J connectivity index is 1.95. The fraction of sp³-hybridized carbons (Fsp3) is 1.00. The lowest BCUT2D eigenvalue weighted by Crippen LogP contribution is -2.49. The summed E-state index contributed by atoms with van der Waals surface area (Å²) < 4.78 is 0. The molecule has 1 aliphatic heterocycles. The van der Waals surface area contributed by atoms with Gasteiger partial charge in [0.15, 0.2) is 0 Å². The monoisotopic (exact) mass is 298 g/mol. The molecule has 0 radical (unpaired) electrons. The maximum Gasteiger partial charge on any atom is 0.0172 e. The van der Waals surface area contributed by atoms with Crippen LogP contribution in [-0.2, 0) is 0 Å². The topological polar surface area (TPSA) is 15.3 Å². The number of nitrogens with zero attached hydrogens (tertiary/aromatic N) is 1. The molecule has 1 aliphatic carbocycles. The molecule has 0 spiro atoms. The van der Waals surface area contributed by atoms with E-state index in [0.717, 1.165) is 17.7 Å². The summed E-state index contributed by atoms with van der Waals surface area (Å²) in [6.07, 6.45) is 7.08. The Kier molecular flexibility index (Phi) is 6.70. The first-order valence-electron chi connectivity index (χ1n) is 8.72. The SMILES string of the molecule is CCNCC1(CN2CCSC(CC)C2)CCCC(C)C1. The van der Waals surface area contributed by atoms with Gasteiger partial charge in [-0.25, -0.2) is 0 Å². The van der Waals surface area contributed by atoms with Crippen molar-refractivity contribution >= 4 is 11.8 Å². The van der Waals surface area contributed by atoms with Crippen molar-refractivity contribution in [3.63, 3.8) is 0 Å². The molecule has 1 heterocycles. The summed E-state index contributed by atoms with van der Waals surface area (Å²) in [5, 5.41) is 4.54. The Morgan fingerprint density at radius 1 is 1.35 bits per heavy atom. The number of hydrogen-bond donors (Lipinski definition) is 1. The molecule has 3 unspecified atom stereocenters. The summed E-state index contributed by atoms with van der Waals surface area (Å²) in [5.41, 5.74) is 0.550. The lowest BCUT2D eigenvalue weighted by atomic mass is 9.69. The number of nitrogens with one attached hydrogen (secondary N) is 1. The molecule has 2 rings (SSSR count). The Hall–Kier alpha value is 0.270. The largest absolute Gasteiger partial charge is 0.316 e. The average Bonchev–Trinajstić information content (AvgIpc) is 2.45. The lowest BCUT2D eigenvalue weighted by Gasteiger charge is -2.45. The van der Waals surface area contributed by atoms with Crippen LogP contribution in [0.2, 0.25) is 0 Å². The van der Waals surface area contributed by atoms with Gasteiger partial charge in [-0.3, -0.25) is 0 Å². The summed E-state index contributed by atoms with van der Waals surface area (Å²) in [6, 6.07) is 0. The molecule has 0 bridgehead atoms. The van der Waals surface area contributed by atoms with E-state index >= 15 is 0 Å². The lowest BCUT2D eigenvalue weighted by molar-refractivity contribution is 0.0818. The van der Waals surface area contributed by atoms with Crippen molar-refractivity contribution in [2.24, 2.45) is 11.3 Å². The molecule has 2 aliphatic rings. The Morgan fingerprint density at radius 2 is 2.20 bits per heavy atom. The molecule has 20 heavy (non-hydrogen) atoms. The number of rotatable bonds is 6. The molecule has 1 saturated carbocycles. The fourth-order valence-corrected chi connectivity index (χ4v) is 5.41. The molecule has 0 aromatic rings. The van der Waals surface area contributed by atoms with Gasteiger partial charge < -0.3 is 10.2 Å².